The summed E-state index contributed by atoms with van der Waals surface area (Å²) in [5, 5.41) is 3.56. The summed E-state index contributed by atoms with van der Waals surface area (Å²) < 4.78 is 5.24. The monoisotopic (exact) mass is 269 g/mol. The zero-order chi connectivity index (χ0) is 14.5. The molecule has 0 bridgehead atoms. The lowest BCUT2D eigenvalue weighted by Crippen LogP contribution is -2.07. The Morgan fingerprint density at radius 3 is 2.35 bits per heavy atom. The molecular formula is C18H23NO. The van der Waals surface area contributed by atoms with E-state index in [1.54, 1.807) is 7.11 Å². The second-order valence-corrected chi connectivity index (χ2v) is 5.14. The smallest absolute Gasteiger partial charge is 0.119 e. The number of aryl methyl sites for hydroxylation is 2. The molecule has 2 heteroatoms. The molecule has 0 aliphatic heterocycles. The predicted octanol–water partition coefficient (Wildman–Crippen LogP) is 4.74. The second-order valence-electron chi connectivity index (χ2n) is 5.14. The van der Waals surface area contributed by atoms with Crippen LogP contribution in [0.25, 0.3) is 0 Å². The van der Waals surface area contributed by atoms with Crippen LogP contribution in [0.2, 0.25) is 0 Å². The molecule has 0 amide bonds. The average Bonchev–Trinajstić information content (AvgIpc) is 2.49. The van der Waals surface area contributed by atoms with Crippen molar-refractivity contribution in [2.24, 2.45) is 0 Å². The third kappa shape index (κ3) is 3.32. The van der Waals surface area contributed by atoms with E-state index in [0.29, 0.717) is 0 Å². The van der Waals surface area contributed by atoms with Crippen LogP contribution in [0.3, 0.4) is 0 Å². The SMILES string of the molecule is CCc1ccc(C(C)Nc2ccc(OC)cc2C)cc1. The fourth-order valence-corrected chi connectivity index (χ4v) is 2.28. The minimum atomic E-state index is 0.285. The molecule has 0 spiro atoms. The van der Waals surface area contributed by atoms with Gasteiger partial charge in [0, 0.05) is 11.7 Å². The highest BCUT2D eigenvalue weighted by Crippen LogP contribution is 2.25. The minimum Gasteiger partial charge on any atom is -0.497 e. The summed E-state index contributed by atoms with van der Waals surface area (Å²) in [7, 11) is 1.69. The van der Waals surface area contributed by atoms with Crippen LogP contribution in [0, 0.1) is 6.92 Å². The lowest BCUT2D eigenvalue weighted by molar-refractivity contribution is 0.414. The van der Waals surface area contributed by atoms with Crippen LogP contribution in [0.1, 0.15) is 36.6 Å². The molecule has 2 aromatic carbocycles. The Labute approximate surface area is 121 Å². The largest absolute Gasteiger partial charge is 0.497 e. The number of rotatable bonds is 5. The molecule has 0 saturated heterocycles. The summed E-state index contributed by atoms with van der Waals surface area (Å²) in [6.07, 6.45) is 1.08. The van der Waals surface area contributed by atoms with Crippen molar-refractivity contribution in [3.05, 3.63) is 59.2 Å². The van der Waals surface area contributed by atoms with Gasteiger partial charge in [0.25, 0.3) is 0 Å². The van der Waals surface area contributed by atoms with E-state index in [9.17, 15) is 0 Å². The third-order valence-corrected chi connectivity index (χ3v) is 3.69. The highest BCUT2D eigenvalue weighted by atomic mass is 16.5. The maximum absolute atomic E-state index is 5.24. The zero-order valence-electron chi connectivity index (χ0n) is 12.7. The lowest BCUT2D eigenvalue weighted by atomic mass is 10.0. The number of anilines is 1. The van der Waals surface area contributed by atoms with Crippen LogP contribution in [0.4, 0.5) is 5.69 Å². The van der Waals surface area contributed by atoms with Crippen molar-refractivity contribution in [2.75, 3.05) is 12.4 Å². The Balaban J connectivity index is 2.12. The summed E-state index contributed by atoms with van der Waals surface area (Å²) in [5.74, 6) is 0.896. The number of hydrogen-bond acceptors (Lipinski definition) is 2. The van der Waals surface area contributed by atoms with Gasteiger partial charge >= 0.3 is 0 Å². The number of hydrogen-bond donors (Lipinski definition) is 1. The second kappa shape index (κ2) is 6.47. The van der Waals surface area contributed by atoms with Crippen molar-refractivity contribution in [2.45, 2.75) is 33.2 Å². The van der Waals surface area contributed by atoms with Gasteiger partial charge in [0.2, 0.25) is 0 Å². The van der Waals surface area contributed by atoms with E-state index in [4.69, 9.17) is 4.74 Å². The zero-order valence-corrected chi connectivity index (χ0v) is 12.7. The fraction of sp³-hybridized carbons (Fsp3) is 0.333. The molecule has 0 saturated carbocycles. The summed E-state index contributed by atoms with van der Waals surface area (Å²) in [6.45, 7) is 6.46. The molecule has 106 valence electrons. The predicted molar refractivity (Wildman–Crippen MR) is 85.6 cm³/mol. The quantitative estimate of drug-likeness (QED) is 0.846. The third-order valence-electron chi connectivity index (χ3n) is 3.69. The number of methoxy groups -OCH3 is 1. The molecule has 2 rings (SSSR count). The van der Waals surface area contributed by atoms with Crippen LogP contribution in [0.15, 0.2) is 42.5 Å². The summed E-state index contributed by atoms with van der Waals surface area (Å²) >= 11 is 0. The van der Waals surface area contributed by atoms with E-state index in [1.165, 1.54) is 16.7 Å². The highest BCUT2D eigenvalue weighted by molar-refractivity contribution is 5.54. The number of benzene rings is 2. The van der Waals surface area contributed by atoms with Gasteiger partial charge in [0.1, 0.15) is 5.75 Å². The molecule has 20 heavy (non-hydrogen) atoms. The molecule has 0 heterocycles. The van der Waals surface area contributed by atoms with Crippen LogP contribution in [-0.2, 0) is 6.42 Å². The number of ether oxygens (including phenoxy) is 1. The van der Waals surface area contributed by atoms with Gasteiger partial charge in [-0.25, -0.2) is 0 Å². The summed E-state index contributed by atoms with van der Waals surface area (Å²) in [6, 6.07) is 15.2. The normalized spacial score (nSPS) is 12.0. The first kappa shape index (κ1) is 14.4. The van der Waals surface area contributed by atoms with Crippen LogP contribution in [0.5, 0.6) is 5.75 Å². The van der Waals surface area contributed by atoms with E-state index in [2.05, 4.69) is 62.5 Å². The van der Waals surface area contributed by atoms with Crippen LogP contribution in [-0.4, -0.2) is 7.11 Å². The first-order valence-corrected chi connectivity index (χ1v) is 7.14. The first-order valence-electron chi connectivity index (χ1n) is 7.14. The Morgan fingerprint density at radius 2 is 1.80 bits per heavy atom. The standard InChI is InChI=1S/C18H23NO/c1-5-15-6-8-16(9-7-15)14(3)19-18-11-10-17(20-4)12-13(18)2/h6-12,14,19H,5H2,1-4H3. The van der Waals surface area contributed by atoms with Crippen molar-refractivity contribution in [1.29, 1.82) is 0 Å². The van der Waals surface area contributed by atoms with E-state index < -0.39 is 0 Å². The molecule has 0 aliphatic rings. The molecule has 0 aliphatic carbocycles. The van der Waals surface area contributed by atoms with Crippen molar-refractivity contribution in [3.8, 4) is 5.75 Å². The van der Waals surface area contributed by atoms with Gasteiger partial charge in [-0.2, -0.15) is 0 Å². The Kier molecular flexibility index (Phi) is 4.67. The van der Waals surface area contributed by atoms with Gasteiger partial charge in [-0.15, -0.1) is 0 Å². The fourth-order valence-electron chi connectivity index (χ4n) is 2.28. The first-order chi connectivity index (χ1) is 9.63. The van der Waals surface area contributed by atoms with Crippen molar-refractivity contribution >= 4 is 5.69 Å². The van der Waals surface area contributed by atoms with Crippen LogP contribution < -0.4 is 10.1 Å². The Morgan fingerprint density at radius 1 is 1.10 bits per heavy atom. The van der Waals surface area contributed by atoms with Gasteiger partial charge in [-0.1, -0.05) is 31.2 Å². The molecule has 2 aromatic rings. The molecule has 0 radical (unpaired) electrons. The molecule has 0 fully saturated rings. The average molecular weight is 269 g/mol. The maximum Gasteiger partial charge on any atom is 0.119 e. The highest BCUT2D eigenvalue weighted by Gasteiger charge is 2.07. The molecule has 1 atom stereocenters. The summed E-state index contributed by atoms with van der Waals surface area (Å²) in [5.41, 5.74) is 5.03. The van der Waals surface area contributed by atoms with Gasteiger partial charge < -0.3 is 10.1 Å². The summed E-state index contributed by atoms with van der Waals surface area (Å²) in [4.78, 5) is 0. The van der Waals surface area contributed by atoms with E-state index in [-0.39, 0.29) is 6.04 Å². The van der Waals surface area contributed by atoms with E-state index >= 15 is 0 Å². The van der Waals surface area contributed by atoms with Crippen molar-refractivity contribution < 1.29 is 4.74 Å². The molecule has 2 nitrogen and oxygen atoms in total. The van der Waals surface area contributed by atoms with Crippen LogP contribution >= 0.6 is 0 Å². The van der Waals surface area contributed by atoms with Crippen molar-refractivity contribution in [1.82, 2.24) is 0 Å². The lowest BCUT2D eigenvalue weighted by Gasteiger charge is -2.18. The number of nitrogens with one attached hydrogen (secondary N) is 1. The van der Waals surface area contributed by atoms with Gasteiger partial charge in [0.15, 0.2) is 0 Å². The minimum absolute atomic E-state index is 0.285. The Bertz CT molecular complexity index is 560. The van der Waals surface area contributed by atoms with E-state index in [1.807, 2.05) is 6.07 Å². The van der Waals surface area contributed by atoms with E-state index in [0.717, 1.165) is 17.9 Å². The van der Waals surface area contributed by atoms with Gasteiger partial charge in [0.05, 0.1) is 7.11 Å². The maximum atomic E-state index is 5.24. The molecule has 1 unspecified atom stereocenters. The topological polar surface area (TPSA) is 21.3 Å². The Hall–Kier alpha value is -1.96. The van der Waals surface area contributed by atoms with Gasteiger partial charge in [-0.05, 0) is 55.2 Å². The molecular weight excluding hydrogens is 246 g/mol. The molecule has 1 N–H and O–H groups in total. The van der Waals surface area contributed by atoms with Crippen molar-refractivity contribution in [3.63, 3.8) is 0 Å². The van der Waals surface area contributed by atoms with Gasteiger partial charge in [-0.3, -0.25) is 0 Å². The molecule has 0 aromatic heterocycles.